The van der Waals surface area contributed by atoms with Crippen molar-refractivity contribution < 1.29 is 23.8 Å². The van der Waals surface area contributed by atoms with Gasteiger partial charge >= 0.3 is 11.9 Å². The van der Waals surface area contributed by atoms with E-state index in [1.165, 1.54) is 0 Å². The summed E-state index contributed by atoms with van der Waals surface area (Å²) in [6, 6.07) is 9.56. The first-order valence-corrected chi connectivity index (χ1v) is 6.45. The maximum atomic E-state index is 13.5. The summed E-state index contributed by atoms with van der Waals surface area (Å²) in [5.41, 5.74) is -1.39. The van der Waals surface area contributed by atoms with Crippen LogP contribution in [0.3, 0.4) is 0 Å². The second-order valence-electron chi connectivity index (χ2n) is 5.17. The highest BCUT2D eigenvalue weighted by molar-refractivity contribution is 5.77. The van der Waals surface area contributed by atoms with Gasteiger partial charge in [0, 0.05) is 19.6 Å². The standard InChI is InChI=1S/C14H17F2NO3/c15-14(16,12(18)19)13(20)6-8-17(9-7-13)10-11-4-2-1-3-5-11/h1-5,20H,6-10H2,(H,18,19). The highest BCUT2D eigenvalue weighted by Gasteiger charge is 2.59. The smallest absolute Gasteiger partial charge is 0.377 e. The number of aliphatic carboxylic acids is 1. The predicted molar refractivity (Wildman–Crippen MR) is 68.5 cm³/mol. The second kappa shape index (κ2) is 5.46. The van der Waals surface area contributed by atoms with Crippen LogP contribution in [0.15, 0.2) is 30.3 Å². The van der Waals surface area contributed by atoms with Gasteiger partial charge in [-0.05, 0) is 18.4 Å². The maximum absolute atomic E-state index is 13.5. The van der Waals surface area contributed by atoms with Crippen LogP contribution in [0.4, 0.5) is 8.78 Å². The van der Waals surface area contributed by atoms with E-state index in [0.29, 0.717) is 6.54 Å². The van der Waals surface area contributed by atoms with Crippen LogP contribution in [0, 0.1) is 0 Å². The highest BCUT2D eigenvalue weighted by atomic mass is 19.3. The Kier molecular flexibility index (Phi) is 4.06. The zero-order chi connectivity index (χ0) is 14.8. The summed E-state index contributed by atoms with van der Waals surface area (Å²) in [6.07, 6.45) is -0.502. The highest BCUT2D eigenvalue weighted by Crippen LogP contribution is 2.37. The summed E-state index contributed by atoms with van der Waals surface area (Å²) in [4.78, 5) is 12.5. The molecule has 1 fully saturated rings. The van der Waals surface area contributed by atoms with Crippen molar-refractivity contribution in [1.29, 1.82) is 0 Å². The topological polar surface area (TPSA) is 60.8 Å². The van der Waals surface area contributed by atoms with E-state index in [9.17, 15) is 18.7 Å². The molecule has 0 saturated carbocycles. The van der Waals surface area contributed by atoms with Crippen LogP contribution in [0.25, 0.3) is 0 Å². The molecule has 0 spiro atoms. The van der Waals surface area contributed by atoms with Crippen LogP contribution < -0.4 is 0 Å². The number of likely N-dealkylation sites (tertiary alicyclic amines) is 1. The summed E-state index contributed by atoms with van der Waals surface area (Å²) >= 11 is 0. The molecule has 0 aliphatic carbocycles. The van der Waals surface area contributed by atoms with E-state index in [1.807, 2.05) is 35.2 Å². The average Bonchev–Trinajstić information content (AvgIpc) is 2.42. The lowest BCUT2D eigenvalue weighted by Gasteiger charge is -2.40. The van der Waals surface area contributed by atoms with Gasteiger partial charge in [0.25, 0.3) is 0 Å². The number of piperidine rings is 1. The Hall–Kier alpha value is -1.53. The van der Waals surface area contributed by atoms with Gasteiger partial charge in [-0.1, -0.05) is 30.3 Å². The molecule has 1 aromatic carbocycles. The number of benzene rings is 1. The number of hydrogen-bond acceptors (Lipinski definition) is 3. The van der Waals surface area contributed by atoms with Crippen LogP contribution in [0.5, 0.6) is 0 Å². The SMILES string of the molecule is O=C(O)C(F)(F)C1(O)CCN(Cc2ccccc2)CC1. The molecule has 1 aliphatic rings. The minimum absolute atomic E-state index is 0.244. The van der Waals surface area contributed by atoms with Gasteiger partial charge in [-0.15, -0.1) is 0 Å². The second-order valence-corrected chi connectivity index (χ2v) is 5.17. The van der Waals surface area contributed by atoms with E-state index in [2.05, 4.69) is 0 Å². The van der Waals surface area contributed by atoms with Crippen LogP contribution in [0.1, 0.15) is 18.4 Å². The lowest BCUT2D eigenvalue weighted by atomic mass is 9.85. The molecule has 6 heteroatoms. The van der Waals surface area contributed by atoms with Crippen LogP contribution in [0.2, 0.25) is 0 Å². The van der Waals surface area contributed by atoms with Gasteiger partial charge in [-0.3, -0.25) is 4.90 Å². The van der Waals surface area contributed by atoms with Gasteiger partial charge in [-0.2, -0.15) is 8.78 Å². The maximum Gasteiger partial charge on any atom is 0.377 e. The summed E-state index contributed by atoms with van der Waals surface area (Å²) in [7, 11) is 0. The van der Waals surface area contributed by atoms with Crippen molar-refractivity contribution in [3.63, 3.8) is 0 Å². The molecule has 1 heterocycles. The molecule has 2 rings (SSSR count). The number of nitrogens with zero attached hydrogens (tertiary/aromatic N) is 1. The van der Waals surface area contributed by atoms with Gasteiger partial charge in [0.05, 0.1) is 0 Å². The third-order valence-electron chi connectivity index (χ3n) is 3.79. The number of rotatable bonds is 4. The zero-order valence-electron chi connectivity index (χ0n) is 10.9. The molecule has 1 aliphatic heterocycles. The quantitative estimate of drug-likeness (QED) is 0.884. The van der Waals surface area contributed by atoms with Crippen LogP contribution >= 0.6 is 0 Å². The zero-order valence-corrected chi connectivity index (χ0v) is 10.9. The van der Waals surface area contributed by atoms with Gasteiger partial charge in [0.15, 0.2) is 0 Å². The molecule has 4 nitrogen and oxygen atoms in total. The molecule has 0 aromatic heterocycles. The molecule has 1 saturated heterocycles. The molecule has 0 radical (unpaired) electrons. The molecule has 0 bridgehead atoms. The third-order valence-corrected chi connectivity index (χ3v) is 3.79. The fourth-order valence-electron chi connectivity index (χ4n) is 2.44. The number of halogens is 2. The van der Waals surface area contributed by atoms with E-state index in [0.717, 1.165) is 5.56 Å². The van der Waals surface area contributed by atoms with Crippen molar-refractivity contribution in [3.8, 4) is 0 Å². The van der Waals surface area contributed by atoms with Crippen molar-refractivity contribution >= 4 is 5.97 Å². The largest absolute Gasteiger partial charge is 0.477 e. The Bertz CT molecular complexity index is 471. The Labute approximate surface area is 115 Å². The van der Waals surface area contributed by atoms with Gasteiger partial charge in [0.2, 0.25) is 0 Å². The number of alkyl halides is 2. The van der Waals surface area contributed by atoms with Gasteiger partial charge in [0.1, 0.15) is 5.60 Å². The Morgan fingerprint density at radius 1 is 1.25 bits per heavy atom. The minimum Gasteiger partial charge on any atom is -0.477 e. The predicted octanol–water partition coefficient (Wildman–Crippen LogP) is 1.73. The average molecular weight is 285 g/mol. The lowest BCUT2D eigenvalue weighted by molar-refractivity contribution is -0.218. The van der Waals surface area contributed by atoms with E-state index in [4.69, 9.17) is 5.11 Å². The molecular weight excluding hydrogens is 268 g/mol. The van der Waals surface area contributed by atoms with E-state index < -0.39 is 17.5 Å². The van der Waals surface area contributed by atoms with Crippen molar-refractivity contribution in [3.05, 3.63) is 35.9 Å². The third kappa shape index (κ3) is 2.81. The van der Waals surface area contributed by atoms with Gasteiger partial charge in [-0.25, -0.2) is 4.79 Å². The molecule has 0 unspecified atom stereocenters. The van der Waals surface area contributed by atoms with Crippen molar-refractivity contribution in [2.24, 2.45) is 0 Å². The fraction of sp³-hybridized carbons (Fsp3) is 0.500. The summed E-state index contributed by atoms with van der Waals surface area (Å²) in [5.74, 6) is -6.37. The Morgan fingerprint density at radius 3 is 2.30 bits per heavy atom. The van der Waals surface area contributed by atoms with E-state index in [1.54, 1.807) is 0 Å². The number of carbonyl (C=O) groups is 1. The summed E-state index contributed by atoms with van der Waals surface area (Å²) in [5, 5.41) is 18.4. The van der Waals surface area contributed by atoms with Crippen molar-refractivity contribution in [2.75, 3.05) is 13.1 Å². The molecule has 1 aromatic rings. The summed E-state index contributed by atoms with van der Waals surface area (Å²) in [6.45, 7) is 1.10. The first-order chi connectivity index (χ1) is 9.35. The molecule has 110 valence electrons. The van der Waals surface area contributed by atoms with Crippen molar-refractivity contribution in [1.82, 2.24) is 4.90 Å². The minimum atomic E-state index is -4.11. The fourth-order valence-corrected chi connectivity index (χ4v) is 2.44. The van der Waals surface area contributed by atoms with Crippen LogP contribution in [-0.4, -0.2) is 45.7 Å². The van der Waals surface area contributed by atoms with E-state index >= 15 is 0 Å². The summed E-state index contributed by atoms with van der Waals surface area (Å²) < 4.78 is 27.0. The normalized spacial score (nSPS) is 19.8. The molecule has 0 atom stereocenters. The Morgan fingerprint density at radius 2 is 1.80 bits per heavy atom. The van der Waals surface area contributed by atoms with Gasteiger partial charge < -0.3 is 10.2 Å². The van der Waals surface area contributed by atoms with E-state index in [-0.39, 0.29) is 25.9 Å². The first kappa shape index (κ1) is 14.9. The van der Waals surface area contributed by atoms with Crippen LogP contribution in [-0.2, 0) is 11.3 Å². The molecule has 20 heavy (non-hydrogen) atoms. The molecule has 2 N–H and O–H groups in total. The molecular formula is C14H17F2NO3. The number of carboxylic acid groups (broad SMARTS) is 1. The first-order valence-electron chi connectivity index (χ1n) is 6.45. The lowest BCUT2D eigenvalue weighted by Crippen LogP contribution is -2.58. The molecule has 0 amide bonds. The monoisotopic (exact) mass is 285 g/mol. The number of hydrogen-bond donors (Lipinski definition) is 2. The Balaban J connectivity index is 1.97. The number of aliphatic hydroxyl groups is 1. The van der Waals surface area contributed by atoms with Crippen molar-refractivity contribution in [2.45, 2.75) is 30.9 Å². The number of carboxylic acids is 1.